The minimum absolute atomic E-state index is 0.201. The minimum Gasteiger partial charge on any atom is -0.377 e. The van der Waals surface area contributed by atoms with Gasteiger partial charge in [-0.3, -0.25) is 4.79 Å². The van der Waals surface area contributed by atoms with Crippen molar-refractivity contribution in [1.82, 2.24) is 20.2 Å². The van der Waals surface area contributed by atoms with Crippen LogP contribution in [0.1, 0.15) is 37.9 Å². The summed E-state index contributed by atoms with van der Waals surface area (Å²) >= 11 is 0. The van der Waals surface area contributed by atoms with Gasteiger partial charge in [-0.15, -0.1) is 0 Å². The van der Waals surface area contributed by atoms with E-state index in [0.717, 1.165) is 55.0 Å². The molecule has 1 aromatic heterocycles. The molecule has 5 rings (SSSR count). The number of hydrogen-bond donors (Lipinski definition) is 2. The van der Waals surface area contributed by atoms with Gasteiger partial charge in [0, 0.05) is 42.4 Å². The van der Waals surface area contributed by atoms with Gasteiger partial charge in [-0.2, -0.15) is 0 Å². The average Bonchev–Trinajstić information content (AvgIpc) is 3.69. The van der Waals surface area contributed by atoms with Gasteiger partial charge in [-0.1, -0.05) is 0 Å². The van der Waals surface area contributed by atoms with Crippen LogP contribution < -0.4 is 15.5 Å². The first kappa shape index (κ1) is 22.6. The summed E-state index contributed by atoms with van der Waals surface area (Å²) in [5.74, 6) is 2.05. The van der Waals surface area contributed by atoms with Crippen molar-refractivity contribution in [2.24, 2.45) is 5.92 Å². The molecular formula is C25H32N6O3. The number of nitrogens with zero attached hydrogens (tertiary/aromatic N) is 4. The second kappa shape index (κ2) is 9.58. The van der Waals surface area contributed by atoms with Gasteiger partial charge in [0.2, 0.25) is 5.91 Å². The molecule has 2 aromatic rings. The van der Waals surface area contributed by atoms with Crippen molar-refractivity contribution < 1.29 is 14.3 Å². The lowest BCUT2D eigenvalue weighted by molar-refractivity contribution is -0.133. The molecule has 34 heavy (non-hydrogen) atoms. The smallest absolute Gasteiger partial charge is 0.319 e. The summed E-state index contributed by atoms with van der Waals surface area (Å²) in [6.07, 6.45) is 2.78. The zero-order valence-electron chi connectivity index (χ0n) is 19.8. The summed E-state index contributed by atoms with van der Waals surface area (Å²) in [5.41, 5.74) is 3.66. The maximum absolute atomic E-state index is 12.8. The molecule has 0 bridgehead atoms. The number of aromatic nitrogens is 2. The van der Waals surface area contributed by atoms with Gasteiger partial charge in [-0.05, 0) is 57.4 Å². The maximum atomic E-state index is 12.8. The number of morpholine rings is 1. The first-order chi connectivity index (χ1) is 16.5. The van der Waals surface area contributed by atoms with Crippen molar-refractivity contribution >= 4 is 23.4 Å². The van der Waals surface area contributed by atoms with Crippen LogP contribution in [-0.4, -0.2) is 65.7 Å². The van der Waals surface area contributed by atoms with Crippen molar-refractivity contribution in [2.45, 2.75) is 45.7 Å². The van der Waals surface area contributed by atoms with Gasteiger partial charge in [0.25, 0.3) is 0 Å². The molecule has 9 nitrogen and oxygen atoms in total. The van der Waals surface area contributed by atoms with Crippen molar-refractivity contribution in [1.29, 1.82) is 0 Å². The Hall–Kier alpha value is -3.20. The van der Waals surface area contributed by atoms with E-state index in [9.17, 15) is 9.59 Å². The Labute approximate surface area is 199 Å². The molecule has 1 aliphatic carbocycles. The van der Waals surface area contributed by atoms with Crippen LogP contribution in [0, 0.1) is 5.92 Å². The molecule has 2 aliphatic heterocycles. The van der Waals surface area contributed by atoms with Gasteiger partial charge < -0.3 is 25.2 Å². The van der Waals surface area contributed by atoms with Crippen LogP contribution in [0.5, 0.6) is 0 Å². The highest BCUT2D eigenvalue weighted by Gasteiger charge is 2.36. The van der Waals surface area contributed by atoms with Crippen LogP contribution in [0.25, 0.3) is 11.4 Å². The molecule has 0 spiro atoms. The first-order valence-electron chi connectivity index (χ1n) is 12.2. The number of benzene rings is 1. The second-order valence-corrected chi connectivity index (χ2v) is 9.26. The quantitative estimate of drug-likeness (QED) is 0.706. The summed E-state index contributed by atoms with van der Waals surface area (Å²) in [6, 6.07) is 7.54. The van der Waals surface area contributed by atoms with E-state index < -0.39 is 0 Å². The zero-order valence-corrected chi connectivity index (χ0v) is 19.8. The van der Waals surface area contributed by atoms with Crippen LogP contribution in [0.15, 0.2) is 24.3 Å². The van der Waals surface area contributed by atoms with Crippen molar-refractivity contribution in [3.63, 3.8) is 0 Å². The Kier molecular flexibility index (Phi) is 6.36. The molecule has 9 heteroatoms. The topological polar surface area (TPSA) is 99.7 Å². The van der Waals surface area contributed by atoms with Crippen LogP contribution in [0.4, 0.5) is 16.3 Å². The molecule has 180 valence electrons. The lowest BCUT2D eigenvalue weighted by Gasteiger charge is -2.38. The Morgan fingerprint density at radius 3 is 2.65 bits per heavy atom. The van der Waals surface area contributed by atoms with Crippen LogP contribution >= 0.6 is 0 Å². The molecule has 2 fully saturated rings. The molecular weight excluding hydrogens is 432 g/mol. The molecule has 0 radical (unpaired) electrons. The third-order valence-corrected chi connectivity index (χ3v) is 6.66. The Balaban J connectivity index is 1.47. The monoisotopic (exact) mass is 464 g/mol. The Bertz CT molecular complexity index is 1070. The van der Waals surface area contributed by atoms with Gasteiger partial charge in [0.15, 0.2) is 5.82 Å². The van der Waals surface area contributed by atoms with Crippen LogP contribution in [0.3, 0.4) is 0 Å². The van der Waals surface area contributed by atoms with E-state index in [0.29, 0.717) is 37.8 Å². The zero-order chi connectivity index (χ0) is 23.7. The number of urea groups is 1. The van der Waals surface area contributed by atoms with E-state index in [2.05, 4.69) is 22.5 Å². The lowest BCUT2D eigenvalue weighted by atomic mass is 10.0. The third kappa shape index (κ3) is 4.70. The number of ether oxygens (including phenoxy) is 1. The number of amides is 3. The standard InChI is InChI=1S/C25H32N6O3/c1-3-26-25(33)27-19-8-6-17(7-9-19)22-28-21-14-30(24(32)18-4-5-18)11-10-20(21)23(29-22)31-12-13-34-15-16(31)2/h6-9,16,18H,3-5,10-15H2,1-2H3,(H2,26,27,33)/t16-/m0/s1. The number of fused-ring (bicyclic) bond motifs is 1. The fraction of sp³-hybridized carbons (Fsp3) is 0.520. The third-order valence-electron chi connectivity index (χ3n) is 6.66. The lowest BCUT2D eigenvalue weighted by Crippen LogP contribution is -2.46. The average molecular weight is 465 g/mol. The molecule has 3 heterocycles. The second-order valence-electron chi connectivity index (χ2n) is 9.26. The molecule has 1 saturated heterocycles. The Morgan fingerprint density at radius 2 is 1.94 bits per heavy atom. The summed E-state index contributed by atoms with van der Waals surface area (Å²) in [7, 11) is 0. The summed E-state index contributed by atoms with van der Waals surface area (Å²) in [6.45, 7) is 7.97. The number of carbonyl (C=O) groups excluding carboxylic acids is 2. The van der Waals surface area contributed by atoms with E-state index in [4.69, 9.17) is 14.7 Å². The van der Waals surface area contributed by atoms with Gasteiger partial charge in [0.05, 0.1) is 31.5 Å². The molecule has 1 aromatic carbocycles. The normalized spacial score (nSPS) is 20.0. The number of hydrogen-bond acceptors (Lipinski definition) is 6. The molecule has 3 aliphatic rings. The Morgan fingerprint density at radius 1 is 1.15 bits per heavy atom. The SMILES string of the molecule is CCNC(=O)Nc1ccc(-c2nc3c(c(N4CCOC[C@@H]4C)n2)CCN(C(=O)C2CC2)C3)cc1. The molecule has 1 saturated carbocycles. The van der Waals surface area contributed by atoms with Crippen molar-refractivity contribution in [3.05, 3.63) is 35.5 Å². The van der Waals surface area contributed by atoms with E-state index in [1.807, 2.05) is 36.1 Å². The van der Waals surface area contributed by atoms with Crippen molar-refractivity contribution in [3.8, 4) is 11.4 Å². The maximum Gasteiger partial charge on any atom is 0.319 e. The van der Waals surface area contributed by atoms with Crippen LogP contribution in [-0.2, 0) is 22.5 Å². The number of carbonyl (C=O) groups is 2. The van der Waals surface area contributed by atoms with E-state index in [1.54, 1.807) is 0 Å². The largest absolute Gasteiger partial charge is 0.377 e. The first-order valence-corrected chi connectivity index (χ1v) is 12.2. The van der Waals surface area contributed by atoms with Crippen LogP contribution in [0.2, 0.25) is 0 Å². The molecule has 1 atom stereocenters. The highest BCUT2D eigenvalue weighted by Crippen LogP contribution is 2.35. The summed E-state index contributed by atoms with van der Waals surface area (Å²) in [5, 5.41) is 5.54. The van der Waals surface area contributed by atoms with Gasteiger partial charge in [0.1, 0.15) is 5.82 Å². The predicted octanol–water partition coefficient (Wildman–Crippen LogP) is 2.80. The summed E-state index contributed by atoms with van der Waals surface area (Å²) in [4.78, 5) is 38.8. The summed E-state index contributed by atoms with van der Waals surface area (Å²) < 4.78 is 5.66. The van der Waals surface area contributed by atoms with E-state index >= 15 is 0 Å². The number of nitrogens with one attached hydrogen (secondary N) is 2. The minimum atomic E-state index is -0.232. The fourth-order valence-corrected chi connectivity index (χ4v) is 4.63. The highest BCUT2D eigenvalue weighted by molar-refractivity contribution is 5.89. The molecule has 2 N–H and O–H groups in total. The van der Waals surface area contributed by atoms with Gasteiger partial charge in [-0.25, -0.2) is 14.8 Å². The van der Waals surface area contributed by atoms with Gasteiger partial charge >= 0.3 is 6.03 Å². The number of anilines is 2. The molecule has 3 amide bonds. The number of rotatable bonds is 5. The van der Waals surface area contributed by atoms with E-state index in [-0.39, 0.29) is 23.9 Å². The molecule has 0 unspecified atom stereocenters. The fourth-order valence-electron chi connectivity index (χ4n) is 4.63. The highest BCUT2D eigenvalue weighted by atomic mass is 16.5. The predicted molar refractivity (Wildman–Crippen MR) is 130 cm³/mol. The van der Waals surface area contributed by atoms with E-state index in [1.165, 1.54) is 0 Å². The van der Waals surface area contributed by atoms with Crippen molar-refractivity contribution in [2.75, 3.05) is 43.1 Å².